The fraction of sp³-hybridized carbons (Fsp3) is 0.667. The third kappa shape index (κ3) is 3.83. The van der Waals surface area contributed by atoms with Crippen molar-refractivity contribution in [1.29, 1.82) is 0 Å². The van der Waals surface area contributed by atoms with Gasteiger partial charge in [0.2, 0.25) is 0 Å². The van der Waals surface area contributed by atoms with E-state index in [2.05, 4.69) is 0 Å². The molecule has 1 aromatic heterocycles. The van der Waals surface area contributed by atoms with Gasteiger partial charge in [0.05, 0.1) is 5.56 Å². The molecule has 1 N–H and O–H groups in total. The van der Waals surface area contributed by atoms with Crippen LogP contribution in [0.3, 0.4) is 0 Å². The van der Waals surface area contributed by atoms with Gasteiger partial charge in [0.25, 0.3) is 0 Å². The van der Waals surface area contributed by atoms with E-state index in [9.17, 15) is 4.79 Å². The molecule has 0 aliphatic carbocycles. The molecule has 0 atom stereocenters. The van der Waals surface area contributed by atoms with E-state index in [1.165, 1.54) is 25.7 Å². The van der Waals surface area contributed by atoms with Gasteiger partial charge in [-0.05, 0) is 38.2 Å². The average Bonchev–Trinajstić information content (AvgIpc) is 2.77. The molecule has 19 heavy (non-hydrogen) atoms. The molecule has 1 aliphatic rings. The monoisotopic (exact) mass is 265 g/mol. The highest BCUT2D eigenvalue weighted by atomic mass is 16.5. The van der Waals surface area contributed by atoms with Crippen molar-refractivity contribution in [2.24, 2.45) is 5.92 Å². The van der Waals surface area contributed by atoms with E-state index < -0.39 is 5.97 Å². The van der Waals surface area contributed by atoms with E-state index in [1.807, 2.05) is 17.7 Å². The number of carboxylic acids is 1. The number of aromatic carboxylic acids is 1. The van der Waals surface area contributed by atoms with Gasteiger partial charge in [0.1, 0.15) is 0 Å². The highest BCUT2D eigenvalue weighted by Crippen LogP contribution is 2.21. The summed E-state index contributed by atoms with van der Waals surface area (Å²) in [6, 6.07) is 1.69. The second kappa shape index (κ2) is 6.75. The molecule has 4 heteroatoms. The van der Waals surface area contributed by atoms with Crippen molar-refractivity contribution in [2.75, 3.05) is 13.2 Å². The summed E-state index contributed by atoms with van der Waals surface area (Å²) in [5.41, 5.74) is 1.28. The summed E-state index contributed by atoms with van der Waals surface area (Å²) in [4.78, 5) is 10.9. The van der Waals surface area contributed by atoms with Crippen LogP contribution in [0, 0.1) is 12.8 Å². The van der Waals surface area contributed by atoms with Crippen molar-refractivity contribution < 1.29 is 14.6 Å². The van der Waals surface area contributed by atoms with Crippen molar-refractivity contribution in [3.63, 3.8) is 0 Å². The fourth-order valence-electron chi connectivity index (χ4n) is 2.77. The summed E-state index contributed by atoms with van der Waals surface area (Å²) in [5.74, 6) is -0.00690. The normalized spacial score (nSPS) is 16.7. The van der Waals surface area contributed by atoms with Crippen LogP contribution in [0.5, 0.6) is 0 Å². The molecular weight excluding hydrogens is 242 g/mol. The molecule has 4 nitrogen and oxygen atoms in total. The van der Waals surface area contributed by atoms with Gasteiger partial charge >= 0.3 is 5.97 Å². The number of rotatable bonds is 6. The van der Waals surface area contributed by atoms with Crippen molar-refractivity contribution >= 4 is 5.97 Å². The zero-order chi connectivity index (χ0) is 13.7. The topological polar surface area (TPSA) is 51.5 Å². The molecule has 0 amide bonds. The number of aryl methyl sites for hydroxylation is 1. The summed E-state index contributed by atoms with van der Waals surface area (Å²) >= 11 is 0. The van der Waals surface area contributed by atoms with Crippen LogP contribution in [0.15, 0.2) is 12.3 Å². The van der Waals surface area contributed by atoms with E-state index in [1.54, 1.807) is 6.07 Å². The van der Waals surface area contributed by atoms with Gasteiger partial charge in [-0.15, -0.1) is 0 Å². The van der Waals surface area contributed by atoms with Crippen molar-refractivity contribution in [1.82, 2.24) is 4.57 Å². The Labute approximate surface area is 114 Å². The van der Waals surface area contributed by atoms with Crippen molar-refractivity contribution in [3.8, 4) is 0 Å². The summed E-state index contributed by atoms with van der Waals surface area (Å²) in [6.07, 6.45) is 7.89. The summed E-state index contributed by atoms with van der Waals surface area (Å²) < 4.78 is 7.41. The maximum Gasteiger partial charge on any atom is 0.337 e. The molecular formula is C15H23NO3. The molecule has 0 unspecified atom stereocenters. The Balaban J connectivity index is 1.72. The van der Waals surface area contributed by atoms with Gasteiger partial charge in [-0.1, -0.05) is 12.8 Å². The summed E-state index contributed by atoms with van der Waals surface area (Å²) in [5, 5.41) is 9.00. The lowest BCUT2D eigenvalue weighted by molar-refractivity contribution is 0.0630. The molecule has 0 saturated carbocycles. The lowest BCUT2D eigenvalue weighted by Gasteiger charge is -2.21. The second-order valence-electron chi connectivity index (χ2n) is 5.36. The number of nitrogens with zero attached hydrogens (tertiary/aromatic N) is 1. The Morgan fingerprint density at radius 3 is 2.79 bits per heavy atom. The maximum atomic E-state index is 10.9. The lowest BCUT2D eigenvalue weighted by atomic mass is 9.94. The van der Waals surface area contributed by atoms with E-state index in [-0.39, 0.29) is 0 Å². The van der Waals surface area contributed by atoms with Crippen LogP contribution in [0.4, 0.5) is 0 Å². The number of ether oxygens (including phenoxy) is 1. The van der Waals surface area contributed by atoms with Gasteiger partial charge in [-0.25, -0.2) is 4.79 Å². The first-order valence-corrected chi connectivity index (χ1v) is 7.15. The lowest BCUT2D eigenvalue weighted by Crippen LogP contribution is -2.15. The number of hydrogen-bond acceptors (Lipinski definition) is 2. The van der Waals surface area contributed by atoms with Gasteiger partial charge < -0.3 is 14.4 Å². The molecule has 0 spiro atoms. The first-order valence-electron chi connectivity index (χ1n) is 7.15. The van der Waals surface area contributed by atoms with Gasteiger partial charge in [-0.2, -0.15) is 0 Å². The predicted octanol–water partition coefficient (Wildman–Crippen LogP) is 3.09. The fourth-order valence-corrected chi connectivity index (χ4v) is 2.77. The van der Waals surface area contributed by atoms with Crippen molar-refractivity contribution in [3.05, 3.63) is 23.5 Å². The molecule has 1 aliphatic heterocycles. The number of carbonyl (C=O) groups is 1. The third-order valence-electron chi connectivity index (χ3n) is 4.07. The van der Waals surface area contributed by atoms with Gasteiger partial charge in [0.15, 0.2) is 0 Å². The Bertz CT molecular complexity index is 419. The molecule has 0 bridgehead atoms. The number of hydrogen-bond donors (Lipinski definition) is 1. The van der Waals surface area contributed by atoms with Gasteiger partial charge in [-0.3, -0.25) is 0 Å². The average molecular weight is 265 g/mol. The van der Waals surface area contributed by atoms with Crippen LogP contribution >= 0.6 is 0 Å². The Hall–Kier alpha value is -1.29. The quantitative estimate of drug-likeness (QED) is 0.804. The van der Waals surface area contributed by atoms with Crippen LogP contribution in [0.2, 0.25) is 0 Å². The Kier molecular flexibility index (Phi) is 5.02. The van der Waals surface area contributed by atoms with Crippen LogP contribution in [0.25, 0.3) is 0 Å². The van der Waals surface area contributed by atoms with Crippen LogP contribution in [-0.2, 0) is 11.3 Å². The van der Waals surface area contributed by atoms with Crippen molar-refractivity contribution in [2.45, 2.75) is 45.6 Å². The standard InChI is InChI=1S/C15H23NO3/c1-12-14(15(17)18)5-9-16(12)8-3-2-4-13-6-10-19-11-7-13/h5,9,13H,2-4,6-8,10-11H2,1H3,(H,17,18). The van der Waals surface area contributed by atoms with Crippen LogP contribution < -0.4 is 0 Å². The number of aromatic nitrogens is 1. The third-order valence-corrected chi connectivity index (χ3v) is 4.07. The first kappa shape index (κ1) is 14.1. The predicted molar refractivity (Wildman–Crippen MR) is 73.5 cm³/mol. The minimum Gasteiger partial charge on any atom is -0.478 e. The van der Waals surface area contributed by atoms with Crippen LogP contribution in [-0.4, -0.2) is 28.9 Å². The SMILES string of the molecule is Cc1c(C(=O)O)ccn1CCCCC1CCOCC1. The van der Waals surface area contributed by atoms with E-state index in [4.69, 9.17) is 9.84 Å². The zero-order valence-corrected chi connectivity index (χ0v) is 11.6. The Morgan fingerprint density at radius 1 is 1.42 bits per heavy atom. The number of unbranched alkanes of at least 4 members (excludes halogenated alkanes) is 1. The molecule has 1 fully saturated rings. The van der Waals surface area contributed by atoms with E-state index >= 15 is 0 Å². The minimum absolute atomic E-state index is 0.421. The highest BCUT2D eigenvalue weighted by molar-refractivity contribution is 5.88. The molecule has 2 heterocycles. The maximum absolute atomic E-state index is 10.9. The number of carboxylic acid groups (broad SMARTS) is 1. The molecule has 1 aromatic rings. The zero-order valence-electron chi connectivity index (χ0n) is 11.6. The molecule has 0 radical (unpaired) electrons. The molecule has 106 valence electrons. The highest BCUT2D eigenvalue weighted by Gasteiger charge is 2.13. The largest absolute Gasteiger partial charge is 0.478 e. The van der Waals surface area contributed by atoms with Gasteiger partial charge in [0, 0.05) is 31.6 Å². The molecule has 1 saturated heterocycles. The smallest absolute Gasteiger partial charge is 0.337 e. The van der Waals surface area contributed by atoms with Crippen LogP contribution in [0.1, 0.15) is 48.2 Å². The summed E-state index contributed by atoms with van der Waals surface area (Å²) in [6.45, 7) is 4.64. The molecule has 0 aromatic carbocycles. The molecule has 2 rings (SSSR count). The van der Waals surface area contributed by atoms with E-state index in [0.29, 0.717) is 5.56 Å². The summed E-state index contributed by atoms with van der Waals surface area (Å²) in [7, 11) is 0. The van der Waals surface area contributed by atoms with E-state index in [0.717, 1.165) is 37.8 Å². The second-order valence-corrected chi connectivity index (χ2v) is 5.36. The minimum atomic E-state index is -0.835. The first-order chi connectivity index (χ1) is 9.18. The Morgan fingerprint density at radius 2 is 2.16 bits per heavy atom.